The minimum absolute atomic E-state index is 0.332. The second kappa shape index (κ2) is 4.87. The lowest BCUT2D eigenvalue weighted by molar-refractivity contribution is 0.191. The van der Waals surface area contributed by atoms with Crippen molar-refractivity contribution in [1.29, 1.82) is 0 Å². The smallest absolute Gasteiger partial charge is 0.206 e. The van der Waals surface area contributed by atoms with E-state index < -0.39 is 23.4 Å². The van der Waals surface area contributed by atoms with Gasteiger partial charge in [0.05, 0.1) is 0 Å². The van der Waals surface area contributed by atoms with Crippen molar-refractivity contribution in [2.45, 2.75) is 7.77 Å². The van der Waals surface area contributed by atoms with E-state index >= 15 is 0 Å². The Kier molecular flexibility index (Phi) is 4.36. The molecule has 2 unspecified atom stereocenters. The van der Waals surface area contributed by atoms with E-state index in [1.165, 1.54) is 24.3 Å². The molecule has 0 bridgehead atoms. The van der Waals surface area contributed by atoms with Crippen molar-refractivity contribution in [2.24, 2.45) is 0 Å². The minimum atomic E-state index is -3.50. The number of benzene rings is 1. The zero-order chi connectivity index (χ0) is 12.6. The monoisotopic (exact) mass is 422 g/mol. The van der Waals surface area contributed by atoms with Crippen molar-refractivity contribution < 1.29 is 17.9 Å². The summed E-state index contributed by atoms with van der Waals surface area (Å²) in [6.07, 6.45) is -0.260. The SMILES string of the molecule is CS(=O)(=O)C(Br)(I)C(O)c1ccc(F)cc1. The summed E-state index contributed by atoms with van der Waals surface area (Å²) in [5.74, 6) is -0.441. The number of halogens is 3. The molecule has 0 spiro atoms. The van der Waals surface area contributed by atoms with Gasteiger partial charge in [-0.25, -0.2) is 12.8 Å². The van der Waals surface area contributed by atoms with Crippen LogP contribution in [0.1, 0.15) is 11.7 Å². The zero-order valence-electron chi connectivity index (χ0n) is 8.19. The van der Waals surface area contributed by atoms with Gasteiger partial charge in [0.25, 0.3) is 0 Å². The second-order valence-electron chi connectivity index (χ2n) is 3.29. The van der Waals surface area contributed by atoms with E-state index in [0.29, 0.717) is 5.56 Å². The number of rotatable bonds is 3. The first-order valence-corrected chi connectivity index (χ1v) is 7.93. The summed E-state index contributed by atoms with van der Waals surface area (Å²) >= 11 is 4.58. The van der Waals surface area contributed by atoms with E-state index in [-0.39, 0.29) is 0 Å². The van der Waals surface area contributed by atoms with Crippen molar-refractivity contribution in [3.8, 4) is 0 Å². The summed E-state index contributed by atoms with van der Waals surface area (Å²) in [4.78, 5) is 0. The first kappa shape index (κ1) is 14.3. The summed E-state index contributed by atoms with van der Waals surface area (Å²) in [5, 5.41) is 9.92. The molecule has 1 N–H and O–H groups in total. The molecule has 16 heavy (non-hydrogen) atoms. The Balaban J connectivity index is 3.12. The molecule has 2 atom stereocenters. The number of sulfone groups is 1. The lowest BCUT2D eigenvalue weighted by Gasteiger charge is -2.25. The second-order valence-corrected chi connectivity index (χ2v) is 11.2. The quantitative estimate of drug-likeness (QED) is 0.601. The van der Waals surface area contributed by atoms with E-state index in [0.717, 1.165) is 6.26 Å². The molecule has 7 heteroatoms. The number of hydrogen-bond donors (Lipinski definition) is 1. The zero-order valence-corrected chi connectivity index (χ0v) is 12.8. The Hall–Kier alpha value is 0.270. The predicted octanol–water partition coefficient (Wildman–Crippen LogP) is 2.39. The molecule has 1 rings (SSSR count). The van der Waals surface area contributed by atoms with Gasteiger partial charge in [0.1, 0.15) is 11.9 Å². The van der Waals surface area contributed by atoms with E-state index in [4.69, 9.17) is 0 Å². The lowest BCUT2D eigenvalue weighted by atomic mass is 10.1. The highest BCUT2D eigenvalue weighted by molar-refractivity contribution is 14.1. The molecule has 0 aliphatic carbocycles. The van der Waals surface area contributed by atoms with Crippen LogP contribution in [0.3, 0.4) is 0 Å². The van der Waals surface area contributed by atoms with Crippen LogP contribution in [0.15, 0.2) is 24.3 Å². The van der Waals surface area contributed by atoms with Gasteiger partial charge in [0.2, 0.25) is 1.66 Å². The molecular formula is C9H9BrFIO3S. The predicted molar refractivity (Wildman–Crippen MR) is 71.9 cm³/mol. The number of alkyl halides is 2. The number of hydrogen-bond acceptors (Lipinski definition) is 3. The van der Waals surface area contributed by atoms with Crippen LogP contribution in [0.4, 0.5) is 4.39 Å². The molecule has 0 fully saturated rings. The Bertz CT molecular complexity index is 472. The summed E-state index contributed by atoms with van der Waals surface area (Å²) in [6.45, 7) is 0. The van der Waals surface area contributed by atoms with Gasteiger partial charge in [-0.1, -0.05) is 28.1 Å². The van der Waals surface area contributed by atoms with Crippen LogP contribution >= 0.6 is 38.5 Å². The van der Waals surface area contributed by atoms with E-state index in [1.807, 2.05) is 0 Å². The maximum atomic E-state index is 12.7. The fourth-order valence-corrected chi connectivity index (χ4v) is 2.21. The molecule has 0 aliphatic heterocycles. The van der Waals surface area contributed by atoms with Crippen molar-refractivity contribution in [3.05, 3.63) is 35.6 Å². The van der Waals surface area contributed by atoms with Crippen LogP contribution in [-0.2, 0) is 9.84 Å². The van der Waals surface area contributed by atoms with Crippen LogP contribution in [0.25, 0.3) is 0 Å². The van der Waals surface area contributed by atoms with Crippen molar-refractivity contribution in [1.82, 2.24) is 0 Å². The van der Waals surface area contributed by atoms with Gasteiger partial charge in [-0.05, 0) is 40.3 Å². The molecule has 0 amide bonds. The van der Waals surface area contributed by atoms with Crippen LogP contribution in [0, 0.1) is 5.82 Å². The largest absolute Gasteiger partial charge is 0.385 e. The van der Waals surface area contributed by atoms with Gasteiger partial charge in [0, 0.05) is 6.26 Å². The topological polar surface area (TPSA) is 54.4 Å². The van der Waals surface area contributed by atoms with Gasteiger partial charge in [0.15, 0.2) is 9.84 Å². The maximum absolute atomic E-state index is 12.7. The summed E-state index contributed by atoms with van der Waals surface area (Å²) in [7, 11) is -3.50. The van der Waals surface area contributed by atoms with Crippen molar-refractivity contribution in [3.63, 3.8) is 0 Å². The molecule has 1 aromatic rings. The first-order chi connectivity index (χ1) is 7.16. The Morgan fingerprint density at radius 2 is 1.88 bits per heavy atom. The highest BCUT2D eigenvalue weighted by Gasteiger charge is 2.43. The van der Waals surface area contributed by atoms with Gasteiger partial charge in [-0.15, -0.1) is 0 Å². The van der Waals surface area contributed by atoms with Gasteiger partial charge in [-0.2, -0.15) is 0 Å². The lowest BCUT2D eigenvalue weighted by Crippen LogP contribution is -2.31. The van der Waals surface area contributed by atoms with Gasteiger partial charge < -0.3 is 5.11 Å². The third-order valence-corrected chi connectivity index (χ3v) is 8.40. The van der Waals surface area contributed by atoms with E-state index in [9.17, 15) is 17.9 Å². The Labute approximate surface area is 115 Å². The summed E-state index contributed by atoms with van der Waals surface area (Å²) in [5.41, 5.74) is 0.332. The molecule has 0 heterocycles. The van der Waals surface area contributed by atoms with Gasteiger partial charge in [-0.3, -0.25) is 0 Å². The summed E-state index contributed by atoms with van der Waals surface area (Å²) < 4.78 is 34.0. The molecular weight excluding hydrogens is 414 g/mol. The first-order valence-electron chi connectivity index (χ1n) is 4.17. The van der Waals surface area contributed by atoms with Crippen LogP contribution < -0.4 is 0 Å². The molecule has 90 valence electrons. The average molecular weight is 423 g/mol. The molecule has 0 saturated carbocycles. The number of aliphatic hydroxyl groups excluding tert-OH is 1. The summed E-state index contributed by atoms with van der Waals surface area (Å²) in [6, 6.07) is 5.03. The number of aliphatic hydroxyl groups is 1. The molecule has 0 saturated heterocycles. The Morgan fingerprint density at radius 3 is 2.25 bits per heavy atom. The molecule has 3 nitrogen and oxygen atoms in total. The standard InChI is InChI=1S/C9H9BrFIO3S/c1-16(14,15)9(10,12)8(13)6-2-4-7(11)5-3-6/h2-5,8,13H,1H3. The fourth-order valence-electron chi connectivity index (χ4n) is 1.04. The van der Waals surface area contributed by atoms with Crippen LogP contribution in [0.2, 0.25) is 0 Å². The average Bonchev–Trinajstić information content (AvgIpc) is 2.16. The fraction of sp³-hybridized carbons (Fsp3) is 0.333. The molecule has 0 aliphatic rings. The van der Waals surface area contributed by atoms with Gasteiger partial charge >= 0.3 is 0 Å². The minimum Gasteiger partial charge on any atom is -0.385 e. The molecule has 0 aromatic heterocycles. The van der Waals surface area contributed by atoms with E-state index in [2.05, 4.69) is 15.9 Å². The molecule has 1 aromatic carbocycles. The van der Waals surface area contributed by atoms with Crippen molar-refractivity contribution >= 4 is 48.4 Å². The van der Waals surface area contributed by atoms with Crippen LogP contribution in [0.5, 0.6) is 0 Å². The highest BCUT2D eigenvalue weighted by Crippen LogP contribution is 2.44. The van der Waals surface area contributed by atoms with Crippen molar-refractivity contribution in [2.75, 3.05) is 6.26 Å². The maximum Gasteiger partial charge on any atom is 0.206 e. The normalized spacial score (nSPS) is 17.8. The molecule has 0 radical (unpaired) electrons. The third-order valence-electron chi connectivity index (χ3n) is 2.00. The Morgan fingerprint density at radius 1 is 1.44 bits per heavy atom. The third kappa shape index (κ3) is 2.93. The van der Waals surface area contributed by atoms with Crippen LogP contribution in [-0.4, -0.2) is 21.4 Å². The highest BCUT2D eigenvalue weighted by atomic mass is 127. The van der Waals surface area contributed by atoms with E-state index in [1.54, 1.807) is 22.6 Å².